The summed E-state index contributed by atoms with van der Waals surface area (Å²) in [5, 5.41) is 4.27. The summed E-state index contributed by atoms with van der Waals surface area (Å²) in [6.45, 7) is 9.19. The van der Waals surface area contributed by atoms with Gasteiger partial charge in [-0.15, -0.1) is 0 Å². The molecule has 21 heavy (non-hydrogen) atoms. The second-order valence-corrected chi connectivity index (χ2v) is 5.48. The molecule has 3 nitrogen and oxygen atoms in total. The minimum atomic E-state index is 0.0222. The van der Waals surface area contributed by atoms with E-state index in [1.54, 1.807) is 12.3 Å². The molecule has 2 rings (SSSR count). The first-order valence-electron chi connectivity index (χ1n) is 7.37. The Hall–Kier alpha value is -2.16. The lowest BCUT2D eigenvalue weighted by Crippen LogP contribution is -1.98. The zero-order chi connectivity index (χ0) is 15.4. The van der Waals surface area contributed by atoms with Crippen molar-refractivity contribution in [2.45, 2.75) is 40.2 Å². The van der Waals surface area contributed by atoms with Crippen LogP contribution in [0.3, 0.4) is 0 Å². The van der Waals surface area contributed by atoms with E-state index in [9.17, 15) is 4.79 Å². The van der Waals surface area contributed by atoms with Crippen LogP contribution in [0.15, 0.2) is 36.5 Å². The van der Waals surface area contributed by atoms with E-state index in [-0.39, 0.29) is 5.78 Å². The number of rotatable bonds is 5. The van der Waals surface area contributed by atoms with Gasteiger partial charge in [-0.1, -0.05) is 38.1 Å². The highest BCUT2D eigenvalue weighted by molar-refractivity contribution is 6.06. The summed E-state index contributed by atoms with van der Waals surface area (Å²) >= 11 is 0. The van der Waals surface area contributed by atoms with E-state index in [4.69, 9.17) is 0 Å². The molecule has 0 saturated heterocycles. The van der Waals surface area contributed by atoms with Gasteiger partial charge >= 0.3 is 0 Å². The third-order valence-corrected chi connectivity index (χ3v) is 3.72. The van der Waals surface area contributed by atoms with Crippen LogP contribution in [-0.2, 0) is 6.54 Å². The molecule has 0 amide bonds. The SMILES string of the molecule is CCn1ncc(/C=C/C(=O)c2ccc(C(C)C)cc2)c1C. The number of aromatic nitrogens is 2. The van der Waals surface area contributed by atoms with Gasteiger partial charge < -0.3 is 0 Å². The van der Waals surface area contributed by atoms with E-state index in [1.165, 1.54) is 5.56 Å². The molecule has 0 saturated carbocycles. The largest absolute Gasteiger partial charge is 0.289 e. The summed E-state index contributed by atoms with van der Waals surface area (Å²) in [5.41, 5.74) is 4.03. The Labute approximate surface area is 126 Å². The van der Waals surface area contributed by atoms with Gasteiger partial charge in [-0.25, -0.2) is 0 Å². The maximum Gasteiger partial charge on any atom is 0.185 e. The second kappa shape index (κ2) is 6.53. The lowest BCUT2D eigenvalue weighted by Gasteiger charge is -2.05. The summed E-state index contributed by atoms with van der Waals surface area (Å²) in [6.07, 6.45) is 5.26. The summed E-state index contributed by atoms with van der Waals surface area (Å²) in [4.78, 5) is 12.2. The molecule has 110 valence electrons. The van der Waals surface area contributed by atoms with Crippen molar-refractivity contribution in [3.63, 3.8) is 0 Å². The number of hydrogen-bond donors (Lipinski definition) is 0. The number of carbonyl (C=O) groups excluding carboxylic acids is 1. The van der Waals surface area contributed by atoms with Gasteiger partial charge in [0, 0.05) is 23.4 Å². The second-order valence-electron chi connectivity index (χ2n) is 5.48. The smallest absolute Gasteiger partial charge is 0.185 e. The van der Waals surface area contributed by atoms with E-state index in [1.807, 2.05) is 41.9 Å². The van der Waals surface area contributed by atoms with Gasteiger partial charge in [-0.2, -0.15) is 5.10 Å². The van der Waals surface area contributed by atoms with Gasteiger partial charge in [0.25, 0.3) is 0 Å². The third kappa shape index (κ3) is 3.48. The lowest BCUT2D eigenvalue weighted by molar-refractivity contribution is 0.104. The number of carbonyl (C=O) groups is 1. The van der Waals surface area contributed by atoms with Crippen LogP contribution in [0.2, 0.25) is 0 Å². The van der Waals surface area contributed by atoms with Crippen molar-refractivity contribution in [2.75, 3.05) is 0 Å². The van der Waals surface area contributed by atoms with Crippen LogP contribution >= 0.6 is 0 Å². The molecule has 3 heteroatoms. The summed E-state index contributed by atoms with van der Waals surface area (Å²) in [7, 11) is 0. The molecule has 1 heterocycles. The predicted octanol–water partition coefficient (Wildman–Crippen LogP) is 4.23. The van der Waals surface area contributed by atoms with Crippen LogP contribution < -0.4 is 0 Å². The molecule has 2 aromatic rings. The van der Waals surface area contributed by atoms with E-state index in [2.05, 4.69) is 25.9 Å². The molecule has 0 N–H and O–H groups in total. The number of ketones is 1. The fourth-order valence-electron chi connectivity index (χ4n) is 2.24. The minimum absolute atomic E-state index is 0.0222. The zero-order valence-electron chi connectivity index (χ0n) is 13.1. The van der Waals surface area contributed by atoms with Crippen molar-refractivity contribution in [2.24, 2.45) is 0 Å². The lowest BCUT2D eigenvalue weighted by atomic mass is 10.0. The average Bonchev–Trinajstić information content (AvgIpc) is 2.85. The number of benzene rings is 1. The maximum absolute atomic E-state index is 12.2. The normalized spacial score (nSPS) is 11.5. The highest BCUT2D eigenvalue weighted by Crippen LogP contribution is 2.16. The maximum atomic E-state index is 12.2. The summed E-state index contributed by atoms with van der Waals surface area (Å²) < 4.78 is 1.92. The third-order valence-electron chi connectivity index (χ3n) is 3.72. The predicted molar refractivity (Wildman–Crippen MR) is 86.5 cm³/mol. The topological polar surface area (TPSA) is 34.9 Å². The highest BCUT2D eigenvalue weighted by Gasteiger charge is 2.05. The summed E-state index contributed by atoms with van der Waals surface area (Å²) in [6, 6.07) is 7.83. The molecule has 0 fully saturated rings. The van der Waals surface area contributed by atoms with Crippen LogP contribution in [0.1, 0.15) is 53.9 Å². The molecular weight excluding hydrogens is 260 g/mol. The van der Waals surface area contributed by atoms with Crippen molar-refractivity contribution in [3.05, 3.63) is 58.9 Å². The average molecular weight is 282 g/mol. The van der Waals surface area contributed by atoms with Crippen LogP contribution in [-0.4, -0.2) is 15.6 Å². The zero-order valence-corrected chi connectivity index (χ0v) is 13.1. The van der Waals surface area contributed by atoms with Crippen LogP contribution in [0.4, 0.5) is 0 Å². The molecule has 0 spiro atoms. The standard InChI is InChI=1S/C18H22N2O/c1-5-20-14(4)17(12-19-20)10-11-18(21)16-8-6-15(7-9-16)13(2)3/h6-13H,5H2,1-4H3/b11-10+. The van der Waals surface area contributed by atoms with Crippen molar-refractivity contribution < 1.29 is 4.79 Å². The Morgan fingerprint density at radius 1 is 1.29 bits per heavy atom. The minimum Gasteiger partial charge on any atom is -0.289 e. The molecule has 0 aliphatic carbocycles. The van der Waals surface area contributed by atoms with E-state index < -0.39 is 0 Å². The molecule has 1 aromatic heterocycles. The molecule has 0 unspecified atom stereocenters. The van der Waals surface area contributed by atoms with Crippen LogP contribution in [0.25, 0.3) is 6.08 Å². The fourth-order valence-corrected chi connectivity index (χ4v) is 2.24. The molecular formula is C18H22N2O. The Balaban J connectivity index is 2.13. The molecule has 0 bridgehead atoms. The molecule has 0 aliphatic heterocycles. The van der Waals surface area contributed by atoms with Crippen LogP contribution in [0.5, 0.6) is 0 Å². The fraction of sp³-hybridized carbons (Fsp3) is 0.333. The van der Waals surface area contributed by atoms with E-state index in [0.717, 1.165) is 23.4 Å². The first-order chi connectivity index (χ1) is 10.0. The Morgan fingerprint density at radius 3 is 2.48 bits per heavy atom. The summed E-state index contributed by atoms with van der Waals surface area (Å²) in [5.74, 6) is 0.501. The van der Waals surface area contributed by atoms with Gasteiger partial charge in [0.2, 0.25) is 0 Å². The number of aryl methyl sites for hydroxylation is 1. The first-order valence-corrected chi connectivity index (χ1v) is 7.37. The first kappa shape index (κ1) is 15.2. The number of allylic oxidation sites excluding steroid dienone is 1. The van der Waals surface area contributed by atoms with Crippen LogP contribution in [0, 0.1) is 6.92 Å². The van der Waals surface area contributed by atoms with Gasteiger partial charge in [-0.05, 0) is 37.5 Å². The molecule has 1 aromatic carbocycles. The van der Waals surface area contributed by atoms with Crippen molar-refractivity contribution >= 4 is 11.9 Å². The van der Waals surface area contributed by atoms with Gasteiger partial charge in [0.1, 0.15) is 0 Å². The van der Waals surface area contributed by atoms with E-state index in [0.29, 0.717) is 5.92 Å². The number of nitrogens with zero attached hydrogens (tertiary/aromatic N) is 2. The van der Waals surface area contributed by atoms with Gasteiger partial charge in [0.05, 0.1) is 6.20 Å². The quantitative estimate of drug-likeness (QED) is 0.607. The van der Waals surface area contributed by atoms with Gasteiger partial charge in [0.15, 0.2) is 5.78 Å². The van der Waals surface area contributed by atoms with Crippen molar-refractivity contribution in [3.8, 4) is 0 Å². The number of hydrogen-bond acceptors (Lipinski definition) is 2. The Morgan fingerprint density at radius 2 is 1.95 bits per heavy atom. The monoisotopic (exact) mass is 282 g/mol. The highest BCUT2D eigenvalue weighted by atomic mass is 16.1. The van der Waals surface area contributed by atoms with Gasteiger partial charge in [-0.3, -0.25) is 9.48 Å². The molecule has 0 atom stereocenters. The van der Waals surface area contributed by atoms with Crippen molar-refractivity contribution in [1.29, 1.82) is 0 Å². The Bertz CT molecular complexity index is 648. The molecule has 0 aliphatic rings. The Kier molecular flexibility index (Phi) is 4.73. The van der Waals surface area contributed by atoms with E-state index >= 15 is 0 Å². The molecule has 0 radical (unpaired) electrons. The van der Waals surface area contributed by atoms with Crippen molar-refractivity contribution in [1.82, 2.24) is 9.78 Å².